The van der Waals surface area contributed by atoms with E-state index in [1.54, 1.807) is 0 Å². The Kier molecular flexibility index (Phi) is 4.19. The number of amides is 1. The van der Waals surface area contributed by atoms with Gasteiger partial charge in [-0.2, -0.15) is 0 Å². The second-order valence-corrected chi connectivity index (χ2v) is 8.34. The molecule has 1 amide bonds. The van der Waals surface area contributed by atoms with E-state index in [2.05, 4.69) is 10.3 Å². The van der Waals surface area contributed by atoms with E-state index >= 15 is 0 Å². The van der Waals surface area contributed by atoms with Crippen molar-refractivity contribution in [2.24, 2.45) is 0 Å². The maximum absolute atomic E-state index is 12.8. The molecular weight excluding hydrogens is 374 g/mol. The van der Waals surface area contributed by atoms with Gasteiger partial charge in [-0.05, 0) is 49.9 Å². The van der Waals surface area contributed by atoms with E-state index in [1.165, 1.54) is 11.3 Å². The van der Waals surface area contributed by atoms with E-state index in [-0.39, 0.29) is 5.91 Å². The Morgan fingerprint density at radius 2 is 1.96 bits per heavy atom. The number of rotatable bonds is 4. The fourth-order valence-electron chi connectivity index (χ4n) is 3.56. The predicted octanol–water partition coefficient (Wildman–Crippen LogP) is 3.89. The Morgan fingerprint density at radius 3 is 2.75 bits per heavy atom. The standard InChI is InChI=1S/C21H21N3O3S/c1-11-17-12(2)23-19(14-4-5-14)24-21(17)28-18(11)20(25)22-10-13-3-6-15-16(9-13)27-8-7-26-15/h3,6,9,14H,4-5,7-8,10H2,1-2H3,(H,22,25). The highest BCUT2D eigenvalue weighted by molar-refractivity contribution is 7.20. The van der Waals surface area contributed by atoms with Gasteiger partial charge in [0.1, 0.15) is 23.9 Å². The summed E-state index contributed by atoms with van der Waals surface area (Å²) < 4.78 is 11.2. The van der Waals surface area contributed by atoms with Crippen molar-refractivity contribution in [1.29, 1.82) is 0 Å². The second-order valence-electron chi connectivity index (χ2n) is 7.34. The lowest BCUT2D eigenvalue weighted by Crippen LogP contribution is -2.23. The van der Waals surface area contributed by atoms with Gasteiger partial charge in [0.05, 0.1) is 10.6 Å². The number of carbonyl (C=O) groups is 1. The minimum atomic E-state index is -0.0808. The van der Waals surface area contributed by atoms with Gasteiger partial charge in [-0.15, -0.1) is 11.3 Å². The normalized spacial score (nSPS) is 15.6. The first-order valence-electron chi connectivity index (χ1n) is 9.54. The van der Waals surface area contributed by atoms with Crippen molar-refractivity contribution in [3.05, 3.63) is 45.7 Å². The predicted molar refractivity (Wildman–Crippen MR) is 107 cm³/mol. The van der Waals surface area contributed by atoms with Gasteiger partial charge in [0.25, 0.3) is 5.91 Å². The molecule has 1 aliphatic heterocycles. The third kappa shape index (κ3) is 3.09. The van der Waals surface area contributed by atoms with Crippen LogP contribution in [0.1, 0.15) is 51.1 Å². The van der Waals surface area contributed by atoms with Crippen LogP contribution in [0.4, 0.5) is 0 Å². The first kappa shape index (κ1) is 17.4. The Bertz CT molecular complexity index is 1090. The molecule has 1 saturated carbocycles. The molecule has 1 N–H and O–H groups in total. The summed E-state index contributed by atoms with van der Waals surface area (Å²) in [5.74, 6) is 2.83. The number of thiophene rings is 1. The molecule has 144 valence electrons. The molecular formula is C21H21N3O3S. The number of fused-ring (bicyclic) bond motifs is 2. The summed E-state index contributed by atoms with van der Waals surface area (Å²) in [6.45, 7) is 5.53. The molecule has 28 heavy (non-hydrogen) atoms. The number of aryl methyl sites for hydroxylation is 2. The lowest BCUT2D eigenvalue weighted by atomic mass is 10.1. The largest absolute Gasteiger partial charge is 0.486 e. The van der Waals surface area contributed by atoms with E-state index < -0.39 is 0 Å². The zero-order valence-electron chi connectivity index (χ0n) is 15.9. The van der Waals surface area contributed by atoms with Crippen molar-refractivity contribution in [3.63, 3.8) is 0 Å². The maximum Gasteiger partial charge on any atom is 0.261 e. The van der Waals surface area contributed by atoms with Gasteiger partial charge in [-0.1, -0.05) is 6.07 Å². The fourth-order valence-corrected chi connectivity index (χ4v) is 4.72. The number of hydrogen-bond donors (Lipinski definition) is 1. The summed E-state index contributed by atoms with van der Waals surface area (Å²) in [5, 5.41) is 4.03. The van der Waals surface area contributed by atoms with Crippen LogP contribution in [0.2, 0.25) is 0 Å². The van der Waals surface area contributed by atoms with Gasteiger partial charge in [0, 0.05) is 17.8 Å². The van der Waals surface area contributed by atoms with Crippen molar-refractivity contribution in [3.8, 4) is 11.5 Å². The van der Waals surface area contributed by atoms with Crippen LogP contribution in [0, 0.1) is 13.8 Å². The number of hydrogen-bond acceptors (Lipinski definition) is 6. The molecule has 0 bridgehead atoms. The highest BCUT2D eigenvalue weighted by atomic mass is 32.1. The fraction of sp³-hybridized carbons (Fsp3) is 0.381. The van der Waals surface area contributed by atoms with Crippen LogP contribution in [-0.4, -0.2) is 29.1 Å². The number of carbonyl (C=O) groups excluding carboxylic acids is 1. The molecule has 3 heterocycles. The lowest BCUT2D eigenvalue weighted by Gasteiger charge is -2.18. The Labute approximate surface area is 166 Å². The third-order valence-corrected chi connectivity index (χ3v) is 6.38. The van der Waals surface area contributed by atoms with Crippen molar-refractivity contribution < 1.29 is 14.3 Å². The Hall–Kier alpha value is -2.67. The Balaban J connectivity index is 1.37. The quantitative estimate of drug-likeness (QED) is 0.726. The first-order valence-corrected chi connectivity index (χ1v) is 10.4. The summed E-state index contributed by atoms with van der Waals surface area (Å²) in [6, 6.07) is 5.76. The van der Waals surface area contributed by atoms with Crippen LogP contribution in [0.5, 0.6) is 11.5 Å². The van der Waals surface area contributed by atoms with Crippen LogP contribution in [0.15, 0.2) is 18.2 Å². The van der Waals surface area contributed by atoms with Crippen molar-refractivity contribution >= 4 is 27.5 Å². The van der Waals surface area contributed by atoms with Gasteiger partial charge in [0.15, 0.2) is 11.5 Å². The topological polar surface area (TPSA) is 73.3 Å². The number of benzene rings is 1. The van der Waals surface area contributed by atoms with Gasteiger partial charge >= 0.3 is 0 Å². The van der Waals surface area contributed by atoms with Gasteiger partial charge in [-0.3, -0.25) is 4.79 Å². The molecule has 7 heteroatoms. The lowest BCUT2D eigenvalue weighted by molar-refractivity contribution is 0.0954. The monoisotopic (exact) mass is 395 g/mol. The summed E-state index contributed by atoms with van der Waals surface area (Å²) in [4.78, 5) is 23.8. The minimum Gasteiger partial charge on any atom is -0.486 e. The van der Waals surface area contributed by atoms with Gasteiger partial charge < -0.3 is 14.8 Å². The van der Waals surface area contributed by atoms with Gasteiger partial charge in [0.2, 0.25) is 0 Å². The smallest absolute Gasteiger partial charge is 0.261 e. The van der Waals surface area contributed by atoms with E-state index in [4.69, 9.17) is 14.5 Å². The summed E-state index contributed by atoms with van der Waals surface area (Å²) >= 11 is 1.46. The van der Waals surface area contributed by atoms with Crippen LogP contribution in [-0.2, 0) is 6.54 Å². The average Bonchev–Trinajstić information content (AvgIpc) is 3.49. The van der Waals surface area contributed by atoms with E-state index in [0.29, 0.717) is 30.6 Å². The van der Waals surface area contributed by atoms with Gasteiger partial charge in [-0.25, -0.2) is 9.97 Å². The van der Waals surface area contributed by atoms with Crippen molar-refractivity contribution in [2.75, 3.05) is 13.2 Å². The van der Waals surface area contributed by atoms with Crippen LogP contribution in [0.3, 0.4) is 0 Å². The molecule has 0 unspecified atom stereocenters. The average molecular weight is 395 g/mol. The molecule has 1 aromatic carbocycles. The molecule has 1 aliphatic carbocycles. The minimum absolute atomic E-state index is 0.0808. The summed E-state index contributed by atoms with van der Waals surface area (Å²) in [5.41, 5.74) is 2.90. The molecule has 0 atom stereocenters. The third-order valence-electron chi connectivity index (χ3n) is 5.20. The first-order chi connectivity index (χ1) is 13.6. The van der Waals surface area contributed by atoms with E-state index in [9.17, 15) is 4.79 Å². The number of aromatic nitrogens is 2. The second kappa shape index (κ2) is 6.74. The summed E-state index contributed by atoms with van der Waals surface area (Å²) in [6.07, 6.45) is 2.33. The van der Waals surface area contributed by atoms with E-state index in [1.807, 2.05) is 32.0 Å². The molecule has 0 spiro atoms. The van der Waals surface area contributed by atoms with Crippen molar-refractivity contribution in [2.45, 2.75) is 39.2 Å². The molecule has 0 saturated heterocycles. The molecule has 2 aliphatic rings. The molecule has 2 aromatic heterocycles. The molecule has 0 radical (unpaired) electrons. The molecule has 1 fully saturated rings. The number of nitrogens with zero attached hydrogens (tertiary/aromatic N) is 2. The molecule has 3 aromatic rings. The van der Waals surface area contributed by atoms with Crippen molar-refractivity contribution in [1.82, 2.24) is 15.3 Å². The highest BCUT2D eigenvalue weighted by Crippen LogP contribution is 2.40. The highest BCUT2D eigenvalue weighted by Gasteiger charge is 2.28. The van der Waals surface area contributed by atoms with Crippen LogP contribution in [0.25, 0.3) is 10.2 Å². The van der Waals surface area contributed by atoms with Crippen LogP contribution < -0.4 is 14.8 Å². The SMILES string of the molecule is Cc1nc(C2CC2)nc2sc(C(=O)NCc3ccc4c(c3)OCCO4)c(C)c12. The number of ether oxygens (including phenoxy) is 2. The zero-order valence-corrected chi connectivity index (χ0v) is 16.7. The molecule has 5 rings (SSSR count). The zero-order chi connectivity index (χ0) is 19.3. The summed E-state index contributed by atoms with van der Waals surface area (Å²) in [7, 11) is 0. The van der Waals surface area contributed by atoms with E-state index in [0.717, 1.165) is 57.2 Å². The molecule has 6 nitrogen and oxygen atoms in total. The maximum atomic E-state index is 12.8. The number of nitrogens with one attached hydrogen (secondary N) is 1. The Morgan fingerprint density at radius 1 is 1.18 bits per heavy atom. The van der Waals surface area contributed by atoms with Crippen LogP contribution >= 0.6 is 11.3 Å².